The second-order valence-corrected chi connectivity index (χ2v) is 2.77. The van der Waals surface area contributed by atoms with Crippen LogP contribution in [0.1, 0.15) is 27.7 Å². The summed E-state index contributed by atoms with van der Waals surface area (Å²) in [5.41, 5.74) is 2.56. The summed E-state index contributed by atoms with van der Waals surface area (Å²) in [6.07, 6.45) is 2.10. The minimum absolute atomic E-state index is 0.784. The van der Waals surface area contributed by atoms with Crippen molar-refractivity contribution < 1.29 is 4.43 Å². The zero-order valence-electron chi connectivity index (χ0n) is 7.49. The van der Waals surface area contributed by atoms with Gasteiger partial charge in [0.15, 0.2) is 0 Å². The van der Waals surface area contributed by atoms with Crippen LogP contribution in [0.5, 0.6) is 0 Å². The van der Waals surface area contributed by atoms with Crippen molar-refractivity contribution in [3.8, 4) is 0 Å². The minimum atomic E-state index is 0.784. The first-order valence-corrected chi connectivity index (χ1v) is 4.29. The molecule has 0 rings (SSSR count). The van der Waals surface area contributed by atoms with Crippen molar-refractivity contribution in [1.29, 1.82) is 0 Å². The molecule has 0 aromatic carbocycles. The van der Waals surface area contributed by atoms with Crippen molar-refractivity contribution in [2.45, 2.75) is 27.7 Å². The van der Waals surface area contributed by atoms with E-state index in [0.29, 0.717) is 0 Å². The monoisotopic (exact) mass is 156 g/mol. The van der Waals surface area contributed by atoms with Crippen LogP contribution >= 0.6 is 0 Å². The molecule has 0 radical (unpaired) electrons. The maximum Gasteiger partial charge on any atom is 0.203 e. The molecule has 1 nitrogen and oxygen atoms in total. The Labute approximate surface area is 66.3 Å². The van der Waals surface area contributed by atoms with Gasteiger partial charge < -0.3 is 4.43 Å². The summed E-state index contributed by atoms with van der Waals surface area (Å²) in [5.74, 6) is 1.06. The predicted octanol–water partition coefficient (Wildman–Crippen LogP) is 1.54. The van der Waals surface area contributed by atoms with E-state index in [1.807, 2.05) is 13.8 Å². The second-order valence-electron chi connectivity index (χ2n) is 2.36. The third-order valence-corrected chi connectivity index (χ3v) is 2.47. The van der Waals surface area contributed by atoms with Crippen molar-refractivity contribution in [2.75, 3.05) is 0 Å². The fourth-order valence-corrected chi connectivity index (χ4v) is 0.953. The van der Waals surface area contributed by atoms with E-state index in [0.717, 1.165) is 16.2 Å². The van der Waals surface area contributed by atoms with Crippen LogP contribution in [-0.4, -0.2) is 10.5 Å². The Morgan fingerprint density at radius 2 is 1.80 bits per heavy atom. The van der Waals surface area contributed by atoms with E-state index in [4.69, 9.17) is 4.43 Å². The van der Waals surface area contributed by atoms with Crippen LogP contribution < -0.4 is 0 Å². The Morgan fingerprint density at radius 3 is 2.10 bits per heavy atom. The number of hydrogen-bond donors (Lipinski definition) is 0. The molecule has 0 atom stereocenters. The Hall–Kier alpha value is -0.503. The van der Waals surface area contributed by atoms with Gasteiger partial charge in [-0.3, -0.25) is 0 Å². The van der Waals surface area contributed by atoms with Crippen LogP contribution in [0.3, 0.4) is 0 Å². The molecule has 0 bridgehead atoms. The fourth-order valence-electron chi connectivity index (χ4n) is 0.647. The maximum atomic E-state index is 5.21. The minimum Gasteiger partial charge on any atom is -0.556 e. The van der Waals surface area contributed by atoms with E-state index in [1.54, 1.807) is 0 Å². The number of rotatable bonds is 2. The molecule has 58 valence electrons. The quantitative estimate of drug-likeness (QED) is 0.335. The summed E-state index contributed by atoms with van der Waals surface area (Å²) < 4.78 is 5.21. The standard InChI is InChI=1S/C8H16OSi/c1-5-6(2)7(3)8(4)9-10/h5H,1-4,10H3. The highest BCUT2D eigenvalue weighted by atomic mass is 28.2. The Morgan fingerprint density at radius 1 is 1.30 bits per heavy atom. The lowest BCUT2D eigenvalue weighted by atomic mass is 10.1. The summed E-state index contributed by atoms with van der Waals surface area (Å²) in [7, 11) is 0.784. The molecule has 0 spiro atoms. The lowest BCUT2D eigenvalue weighted by molar-refractivity contribution is 0.466. The molecule has 0 N–H and O–H groups in total. The number of allylic oxidation sites excluding steroid dienone is 4. The van der Waals surface area contributed by atoms with Gasteiger partial charge in [0.25, 0.3) is 0 Å². The first-order valence-electron chi connectivity index (χ1n) is 3.48. The van der Waals surface area contributed by atoms with Crippen molar-refractivity contribution in [3.63, 3.8) is 0 Å². The van der Waals surface area contributed by atoms with Gasteiger partial charge >= 0.3 is 0 Å². The van der Waals surface area contributed by atoms with E-state index < -0.39 is 0 Å². The SMILES string of the molecule is CC=C(C)C(C)=C(C)O[SiH3]. The molecule has 0 saturated carbocycles. The molecule has 0 aliphatic rings. The third-order valence-electron chi connectivity index (χ3n) is 1.86. The first-order chi connectivity index (χ1) is 4.63. The Bertz CT molecular complexity index is 168. The van der Waals surface area contributed by atoms with Crippen molar-refractivity contribution >= 4 is 10.5 Å². The van der Waals surface area contributed by atoms with Gasteiger partial charge in [0.05, 0.1) is 5.76 Å². The number of hydrogen-bond acceptors (Lipinski definition) is 1. The topological polar surface area (TPSA) is 9.23 Å². The average Bonchev–Trinajstić information content (AvgIpc) is 2.00. The van der Waals surface area contributed by atoms with E-state index >= 15 is 0 Å². The molecule has 0 aromatic rings. The zero-order chi connectivity index (χ0) is 8.15. The molecule has 0 amide bonds. The first kappa shape index (κ1) is 9.50. The van der Waals surface area contributed by atoms with Gasteiger partial charge in [-0.1, -0.05) is 6.08 Å². The van der Waals surface area contributed by atoms with Gasteiger partial charge in [-0.05, 0) is 38.8 Å². The van der Waals surface area contributed by atoms with E-state index in [1.165, 1.54) is 11.1 Å². The summed E-state index contributed by atoms with van der Waals surface area (Å²) in [4.78, 5) is 0. The molecular formula is C8H16OSi. The smallest absolute Gasteiger partial charge is 0.203 e. The van der Waals surface area contributed by atoms with Crippen LogP contribution in [0.4, 0.5) is 0 Å². The third kappa shape index (κ3) is 2.39. The van der Waals surface area contributed by atoms with E-state index in [9.17, 15) is 0 Å². The summed E-state index contributed by atoms with van der Waals surface area (Å²) in [6, 6.07) is 0. The zero-order valence-corrected chi connectivity index (χ0v) is 9.49. The van der Waals surface area contributed by atoms with Gasteiger partial charge in [0.2, 0.25) is 10.5 Å². The van der Waals surface area contributed by atoms with Crippen LogP contribution in [0, 0.1) is 0 Å². The molecule has 0 saturated heterocycles. The van der Waals surface area contributed by atoms with Crippen LogP contribution in [0.2, 0.25) is 0 Å². The Balaban J connectivity index is 4.46. The highest BCUT2D eigenvalue weighted by Crippen LogP contribution is 2.12. The highest BCUT2D eigenvalue weighted by Gasteiger charge is 1.95. The van der Waals surface area contributed by atoms with Gasteiger partial charge in [-0.15, -0.1) is 0 Å². The van der Waals surface area contributed by atoms with Gasteiger partial charge in [-0.25, -0.2) is 0 Å². The molecule has 0 heterocycles. The normalized spacial score (nSPS) is 15.0. The van der Waals surface area contributed by atoms with Gasteiger partial charge in [-0.2, -0.15) is 0 Å². The Kier molecular flexibility index (Phi) is 4.12. The molecule has 10 heavy (non-hydrogen) atoms. The van der Waals surface area contributed by atoms with Crippen molar-refractivity contribution in [2.24, 2.45) is 0 Å². The molecule has 0 fully saturated rings. The fraction of sp³-hybridized carbons (Fsp3) is 0.500. The second kappa shape index (κ2) is 4.33. The van der Waals surface area contributed by atoms with Crippen LogP contribution in [0.15, 0.2) is 23.0 Å². The van der Waals surface area contributed by atoms with Crippen LogP contribution in [-0.2, 0) is 4.43 Å². The molecule has 0 aliphatic heterocycles. The van der Waals surface area contributed by atoms with E-state index in [2.05, 4.69) is 19.9 Å². The van der Waals surface area contributed by atoms with E-state index in [-0.39, 0.29) is 0 Å². The van der Waals surface area contributed by atoms with Gasteiger partial charge in [0.1, 0.15) is 0 Å². The predicted molar refractivity (Wildman–Crippen MR) is 48.8 cm³/mol. The lowest BCUT2D eigenvalue weighted by Crippen LogP contribution is -1.89. The van der Waals surface area contributed by atoms with Crippen molar-refractivity contribution in [3.05, 3.63) is 23.0 Å². The maximum absolute atomic E-state index is 5.21. The largest absolute Gasteiger partial charge is 0.556 e. The summed E-state index contributed by atoms with van der Waals surface area (Å²) >= 11 is 0. The summed E-state index contributed by atoms with van der Waals surface area (Å²) in [5, 5.41) is 0. The molecule has 2 heteroatoms. The summed E-state index contributed by atoms with van der Waals surface area (Å²) in [6.45, 7) is 8.23. The molecule has 0 aliphatic carbocycles. The average molecular weight is 156 g/mol. The van der Waals surface area contributed by atoms with Crippen molar-refractivity contribution in [1.82, 2.24) is 0 Å². The lowest BCUT2D eigenvalue weighted by Gasteiger charge is -2.06. The molecular weight excluding hydrogens is 140 g/mol. The highest BCUT2D eigenvalue weighted by molar-refractivity contribution is 5.98. The molecule has 0 aromatic heterocycles. The molecule has 0 unspecified atom stereocenters. The van der Waals surface area contributed by atoms with Crippen LogP contribution in [0.25, 0.3) is 0 Å². The van der Waals surface area contributed by atoms with Gasteiger partial charge in [0, 0.05) is 0 Å².